The molecule has 0 heterocycles. The number of primary amides is 1. The highest BCUT2D eigenvalue weighted by Gasteiger charge is 2.22. The van der Waals surface area contributed by atoms with E-state index in [-0.39, 0.29) is 5.56 Å². The number of benzene rings is 2. The van der Waals surface area contributed by atoms with Gasteiger partial charge in [0.2, 0.25) is 0 Å². The lowest BCUT2D eigenvalue weighted by molar-refractivity contribution is -0.131. The molecule has 35 heavy (non-hydrogen) atoms. The van der Waals surface area contributed by atoms with Crippen molar-refractivity contribution in [2.75, 3.05) is 23.0 Å². The standard InChI is InChI=1S/C26H32F2N4O3/c1-16(2)14-31(15-17(3)4)23-9-7-19(18(5)10-25(33)34)11-24(23)32(26(29)35)30-13-20-6-8-21(27)12-22(20)28/h6-13,16-17H,14-15H2,1-5H3,(H2,29,35)(H,33,34)/b18-10+,30-13+. The van der Waals surface area contributed by atoms with Crippen LogP contribution in [0.1, 0.15) is 45.7 Å². The first-order chi connectivity index (χ1) is 16.4. The first kappa shape index (κ1) is 27.5. The van der Waals surface area contributed by atoms with Gasteiger partial charge in [0.25, 0.3) is 0 Å². The number of urea groups is 1. The molecule has 3 N–H and O–H groups in total. The van der Waals surface area contributed by atoms with Crippen LogP contribution in [0.15, 0.2) is 47.6 Å². The van der Waals surface area contributed by atoms with Crippen LogP contribution in [0.4, 0.5) is 25.0 Å². The third kappa shape index (κ3) is 7.91. The van der Waals surface area contributed by atoms with Crippen LogP contribution in [0.25, 0.3) is 5.57 Å². The normalized spacial score (nSPS) is 12.0. The van der Waals surface area contributed by atoms with Crippen LogP contribution in [0.3, 0.4) is 0 Å². The lowest BCUT2D eigenvalue weighted by atomic mass is 10.0. The predicted molar refractivity (Wildman–Crippen MR) is 136 cm³/mol. The van der Waals surface area contributed by atoms with Gasteiger partial charge in [0.15, 0.2) is 0 Å². The van der Waals surface area contributed by atoms with Crippen LogP contribution >= 0.6 is 0 Å². The predicted octanol–water partition coefficient (Wildman–Crippen LogP) is 5.49. The SMILES string of the molecule is C/C(=C\C(=O)O)c1ccc(N(CC(C)C)CC(C)C)c(N(/N=C/c2ccc(F)cc2F)C(N)=O)c1. The molecule has 2 aromatic carbocycles. The molecule has 2 aromatic rings. The average molecular weight is 487 g/mol. The van der Waals surface area contributed by atoms with E-state index in [2.05, 4.69) is 37.7 Å². The van der Waals surface area contributed by atoms with Crippen molar-refractivity contribution in [1.82, 2.24) is 0 Å². The number of amides is 2. The van der Waals surface area contributed by atoms with Crippen LogP contribution in [0.2, 0.25) is 0 Å². The minimum absolute atomic E-state index is 0.0291. The Morgan fingerprint density at radius 3 is 2.17 bits per heavy atom. The van der Waals surface area contributed by atoms with E-state index in [0.29, 0.717) is 47.4 Å². The molecule has 0 radical (unpaired) electrons. The number of allylic oxidation sites excluding steroid dienone is 1. The second kappa shape index (κ2) is 12.1. The maximum absolute atomic E-state index is 14.2. The second-order valence-corrected chi connectivity index (χ2v) is 9.12. The lowest BCUT2D eigenvalue weighted by Crippen LogP contribution is -2.36. The fraction of sp³-hybridized carbons (Fsp3) is 0.346. The van der Waals surface area contributed by atoms with Gasteiger partial charge in [-0.05, 0) is 54.2 Å². The van der Waals surface area contributed by atoms with Gasteiger partial charge in [-0.2, -0.15) is 10.1 Å². The average Bonchev–Trinajstić information content (AvgIpc) is 2.73. The van der Waals surface area contributed by atoms with Crippen molar-refractivity contribution >= 4 is 35.2 Å². The lowest BCUT2D eigenvalue weighted by Gasteiger charge is -2.32. The molecule has 2 rings (SSSR count). The Labute approximate surface area is 204 Å². The molecular formula is C26H32F2N4O3. The Morgan fingerprint density at radius 2 is 1.66 bits per heavy atom. The molecule has 0 saturated heterocycles. The molecule has 0 unspecified atom stereocenters. The number of aliphatic carboxylic acids is 1. The summed E-state index contributed by atoms with van der Waals surface area (Å²) >= 11 is 0. The summed E-state index contributed by atoms with van der Waals surface area (Å²) in [6, 6.07) is 7.26. The van der Waals surface area contributed by atoms with Crippen molar-refractivity contribution in [3.63, 3.8) is 0 Å². The fourth-order valence-electron chi connectivity index (χ4n) is 3.59. The molecule has 0 atom stereocenters. The molecule has 0 spiro atoms. The number of nitrogens with two attached hydrogens (primary N) is 1. The van der Waals surface area contributed by atoms with Crippen LogP contribution in [-0.4, -0.2) is 36.4 Å². The largest absolute Gasteiger partial charge is 0.478 e. The number of hydrogen-bond acceptors (Lipinski definition) is 4. The van der Waals surface area contributed by atoms with E-state index in [1.165, 1.54) is 6.07 Å². The Kier molecular flexibility index (Phi) is 9.50. The third-order valence-corrected chi connectivity index (χ3v) is 4.99. The summed E-state index contributed by atoms with van der Waals surface area (Å²) in [5.41, 5.74) is 7.62. The number of nitrogens with zero attached hydrogens (tertiary/aromatic N) is 3. The number of anilines is 2. The molecular weight excluding hydrogens is 454 g/mol. The summed E-state index contributed by atoms with van der Waals surface area (Å²) in [4.78, 5) is 25.8. The van der Waals surface area contributed by atoms with E-state index in [0.717, 1.165) is 29.4 Å². The monoisotopic (exact) mass is 486 g/mol. The summed E-state index contributed by atoms with van der Waals surface area (Å²) in [6.45, 7) is 11.3. The van der Waals surface area contributed by atoms with Gasteiger partial charge in [0.05, 0.1) is 17.6 Å². The fourth-order valence-corrected chi connectivity index (χ4v) is 3.59. The Balaban J connectivity index is 2.70. The van der Waals surface area contributed by atoms with Crippen LogP contribution < -0.4 is 15.6 Å². The van der Waals surface area contributed by atoms with Gasteiger partial charge in [-0.15, -0.1) is 0 Å². The van der Waals surface area contributed by atoms with Crippen molar-refractivity contribution < 1.29 is 23.5 Å². The van der Waals surface area contributed by atoms with Gasteiger partial charge in [0, 0.05) is 30.8 Å². The number of carbonyl (C=O) groups is 2. The van der Waals surface area contributed by atoms with Crippen LogP contribution in [0, 0.1) is 23.5 Å². The number of carboxylic acid groups (broad SMARTS) is 1. The highest BCUT2D eigenvalue weighted by atomic mass is 19.1. The van der Waals surface area contributed by atoms with Crippen molar-refractivity contribution in [3.05, 3.63) is 65.2 Å². The number of carboxylic acids is 1. The Bertz CT molecular complexity index is 1120. The van der Waals surface area contributed by atoms with Gasteiger partial charge in [-0.1, -0.05) is 33.8 Å². The molecule has 0 fully saturated rings. The van der Waals surface area contributed by atoms with Crippen molar-refractivity contribution in [2.45, 2.75) is 34.6 Å². The molecule has 0 aliphatic carbocycles. The Hall–Kier alpha value is -3.75. The maximum atomic E-state index is 14.2. The highest BCUT2D eigenvalue weighted by Crippen LogP contribution is 2.34. The molecule has 7 nitrogen and oxygen atoms in total. The summed E-state index contributed by atoms with van der Waals surface area (Å²) < 4.78 is 27.4. The molecule has 9 heteroatoms. The minimum Gasteiger partial charge on any atom is -0.478 e. The number of hydrogen-bond donors (Lipinski definition) is 2. The smallest absolute Gasteiger partial charge is 0.340 e. The van der Waals surface area contributed by atoms with Crippen LogP contribution in [0.5, 0.6) is 0 Å². The van der Waals surface area contributed by atoms with Gasteiger partial charge in [0.1, 0.15) is 11.6 Å². The summed E-state index contributed by atoms with van der Waals surface area (Å²) in [7, 11) is 0. The molecule has 0 aliphatic rings. The molecule has 188 valence electrons. The first-order valence-electron chi connectivity index (χ1n) is 11.3. The van der Waals surface area contributed by atoms with Gasteiger partial charge in [-0.3, -0.25) is 0 Å². The molecule has 0 bridgehead atoms. The topological polar surface area (TPSA) is 99.2 Å². The zero-order chi connectivity index (χ0) is 26.3. The second-order valence-electron chi connectivity index (χ2n) is 9.12. The zero-order valence-corrected chi connectivity index (χ0v) is 20.6. The first-order valence-corrected chi connectivity index (χ1v) is 11.3. The van der Waals surface area contributed by atoms with Gasteiger partial charge >= 0.3 is 12.0 Å². The third-order valence-electron chi connectivity index (χ3n) is 4.99. The van der Waals surface area contributed by atoms with E-state index < -0.39 is 23.6 Å². The van der Waals surface area contributed by atoms with E-state index in [1.54, 1.807) is 25.1 Å². The van der Waals surface area contributed by atoms with Crippen LogP contribution in [-0.2, 0) is 4.79 Å². The molecule has 0 aliphatic heterocycles. The zero-order valence-electron chi connectivity index (χ0n) is 20.6. The van der Waals surface area contributed by atoms with Crippen molar-refractivity contribution in [3.8, 4) is 0 Å². The van der Waals surface area contributed by atoms with E-state index in [4.69, 9.17) is 10.8 Å². The summed E-state index contributed by atoms with van der Waals surface area (Å²) in [5, 5.41) is 14.2. The van der Waals surface area contributed by atoms with E-state index >= 15 is 0 Å². The van der Waals surface area contributed by atoms with Gasteiger partial charge in [-0.25, -0.2) is 18.4 Å². The summed E-state index contributed by atoms with van der Waals surface area (Å²) in [5.74, 6) is -2.08. The van der Waals surface area contributed by atoms with Crippen molar-refractivity contribution in [2.24, 2.45) is 22.7 Å². The number of carbonyl (C=O) groups excluding carboxylic acids is 1. The van der Waals surface area contributed by atoms with Gasteiger partial charge < -0.3 is 15.7 Å². The Morgan fingerprint density at radius 1 is 1.03 bits per heavy atom. The molecule has 0 saturated carbocycles. The van der Waals surface area contributed by atoms with Crippen molar-refractivity contribution in [1.29, 1.82) is 0 Å². The maximum Gasteiger partial charge on any atom is 0.340 e. The molecule has 0 aromatic heterocycles. The highest BCUT2D eigenvalue weighted by molar-refractivity contribution is 5.98. The van der Waals surface area contributed by atoms with E-state index in [9.17, 15) is 18.4 Å². The van der Waals surface area contributed by atoms with E-state index in [1.807, 2.05) is 0 Å². The summed E-state index contributed by atoms with van der Waals surface area (Å²) in [6.07, 6.45) is 2.15. The number of halogens is 2. The number of rotatable bonds is 10. The minimum atomic E-state index is -1.11. The quantitative estimate of drug-likeness (QED) is 0.263. The number of hydrazone groups is 1. The molecule has 2 amide bonds.